The molecule has 1 fully saturated rings. The first-order valence-corrected chi connectivity index (χ1v) is 12.0. The van der Waals surface area contributed by atoms with E-state index in [9.17, 15) is 14.7 Å². The number of para-hydroxylation sites is 1. The zero-order valence-electron chi connectivity index (χ0n) is 21.3. The zero-order valence-corrected chi connectivity index (χ0v) is 21.3. The first-order chi connectivity index (χ1) is 17.3. The summed E-state index contributed by atoms with van der Waals surface area (Å²) in [4.78, 5) is 28.4. The minimum absolute atomic E-state index is 0.0195. The molecule has 0 spiro atoms. The zero-order chi connectivity index (χ0) is 26.0. The van der Waals surface area contributed by atoms with E-state index in [4.69, 9.17) is 9.47 Å². The number of methoxy groups -OCH3 is 1. The first-order valence-electron chi connectivity index (χ1n) is 12.0. The van der Waals surface area contributed by atoms with Gasteiger partial charge in [0.1, 0.15) is 17.3 Å². The van der Waals surface area contributed by atoms with E-state index in [0.717, 1.165) is 23.1 Å². The molecule has 1 aliphatic heterocycles. The predicted molar refractivity (Wildman–Crippen MR) is 141 cm³/mol. The third-order valence-electron chi connectivity index (χ3n) is 6.40. The lowest BCUT2D eigenvalue weighted by atomic mass is 9.93. The van der Waals surface area contributed by atoms with E-state index in [1.807, 2.05) is 64.1 Å². The van der Waals surface area contributed by atoms with Gasteiger partial charge in [-0.1, -0.05) is 42.8 Å². The van der Waals surface area contributed by atoms with Gasteiger partial charge < -0.3 is 14.6 Å². The number of hydrogen-bond donors (Lipinski definition) is 1. The molecule has 0 aliphatic carbocycles. The van der Waals surface area contributed by atoms with Crippen molar-refractivity contribution in [2.45, 2.75) is 40.2 Å². The SMILES string of the molecule is CCCOc1ccc(/C(O)=C2\C(=O)C(=O)N(c3ccc(C)cc3C)C2c2ccccc2OC)cc1C. The molecule has 3 aromatic rings. The van der Waals surface area contributed by atoms with Gasteiger partial charge >= 0.3 is 0 Å². The number of hydrogen-bond acceptors (Lipinski definition) is 5. The van der Waals surface area contributed by atoms with Crippen molar-refractivity contribution in [2.24, 2.45) is 0 Å². The summed E-state index contributed by atoms with van der Waals surface area (Å²) in [5, 5.41) is 11.5. The molecule has 3 aromatic carbocycles. The van der Waals surface area contributed by atoms with E-state index in [-0.39, 0.29) is 11.3 Å². The minimum Gasteiger partial charge on any atom is -0.507 e. The number of nitrogens with zero attached hydrogens (tertiary/aromatic N) is 1. The van der Waals surface area contributed by atoms with Crippen molar-refractivity contribution in [3.8, 4) is 11.5 Å². The number of carbonyl (C=O) groups is 2. The number of Topliss-reactive ketones (excluding diaryl/α,β-unsaturated/α-hetero) is 1. The maximum atomic E-state index is 13.5. The highest BCUT2D eigenvalue weighted by atomic mass is 16.5. The Morgan fingerprint density at radius 1 is 0.944 bits per heavy atom. The molecule has 1 aliphatic rings. The molecule has 0 bridgehead atoms. The van der Waals surface area contributed by atoms with Gasteiger partial charge in [-0.3, -0.25) is 14.5 Å². The Morgan fingerprint density at radius 2 is 1.69 bits per heavy atom. The second-order valence-corrected chi connectivity index (χ2v) is 9.03. The van der Waals surface area contributed by atoms with Crippen LogP contribution in [0.2, 0.25) is 0 Å². The van der Waals surface area contributed by atoms with Gasteiger partial charge in [-0.25, -0.2) is 0 Å². The molecule has 0 aromatic heterocycles. The smallest absolute Gasteiger partial charge is 0.300 e. The molecule has 0 radical (unpaired) electrons. The number of amides is 1. The number of ketones is 1. The Hall–Kier alpha value is -4.06. The molecule has 0 saturated carbocycles. The van der Waals surface area contributed by atoms with Gasteiger partial charge in [-0.05, 0) is 68.7 Å². The summed E-state index contributed by atoms with van der Waals surface area (Å²) in [6.07, 6.45) is 0.877. The lowest BCUT2D eigenvalue weighted by molar-refractivity contribution is -0.132. The summed E-state index contributed by atoms with van der Waals surface area (Å²) < 4.78 is 11.4. The fraction of sp³-hybridized carbons (Fsp3) is 0.267. The molecule has 4 rings (SSSR count). The second-order valence-electron chi connectivity index (χ2n) is 9.03. The van der Waals surface area contributed by atoms with Gasteiger partial charge in [0.15, 0.2) is 0 Å². The van der Waals surface area contributed by atoms with E-state index < -0.39 is 17.7 Å². The number of anilines is 1. The van der Waals surface area contributed by atoms with Crippen LogP contribution < -0.4 is 14.4 Å². The van der Waals surface area contributed by atoms with Crippen LogP contribution in [0.4, 0.5) is 5.69 Å². The van der Waals surface area contributed by atoms with Gasteiger partial charge in [-0.15, -0.1) is 0 Å². The van der Waals surface area contributed by atoms with E-state index in [1.54, 1.807) is 31.4 Å². The van der Waals surface area contributed by atoms with Gasteiger partial charge in [-0.2, -0.15) is 0 Å². The number of carbonyl (C=O) groups excluding carboxylic acids is 2. The quantitative estimate of drug-likeness (QED) is 0.251. The van der Waals surface area contributed by atoms with Crippen molar-refractivity contribution in [1.82, 2.24) is 0 Å². The fourth-order valence-corrected chi connectivity index (χ4v) is 4.67. The van der Waals surface area contributed by atoms with Crippen LogP contribution in [0.15, 0.2) is 66.2 Å². The average molecular weight is 486 g/mol. The standard InChI is InChI=1S/C30H31NO5/c1-6-15-36-24-14-12-21(17-20(24)4)28(32)26-27(22-9-7-8-10-25(22)35-5)31(30(34)29(26)33)23-13-11-18(2)16-19(23)3/h7-14,16-17,27,32H,6,15H2,1-5H3/b28-26+. The van der Waals surface area contributed by atoms with Crippen molar-refractivity contribution in [3.63, 3.8) is 0 Å². The Morgan fingerprint density at radius 3 is 2.36 bits per heavy atom. The normalized spacial score (nSPS) is 16.9. The Bertz CT molecular complexity index is 1360. The maximum Gasteiger partial charge on any atom is 0.300 e. The number of aliphatic hydroxyl groups is 1. The molecule has 1 heterocycles. The van der Waals surface area contributed by atoms with Crippen molar-refractivity contribution >= 4 is 23.1 Å². The summed E-state index contributed by atoms with van der Waals surface area (Å²) in [7, 11) is 1.54. The monoisotopic (exact) mass is 485 g/mol. The number of aliphatic hydroxyl groups excluding tert-OH is 1. The third-order valence-corrected chi connectivity index (χ3v) is 6.40. The van der Waals surface area contributed by atoms with E-state index in [0.29, 0.717) is 34.9 Å². The molecule has 1 atom stereocenters. The number of rotatable bonds is 7. The highest BCUT2D eigenvalue weighted by molar-refractivity contribution is 6.51. The van der Waals surface area contributed by atoms with Crippen LogP contribution in [0.25, 0.3) is 5.76 Å². The molecule has 1 unspecified atom stereocenters. The van der Waals surface area contributed by atoms with Crippen LogP contribution in [0, 0.1) is 20.8 Å². The van der Waals surface area contributed by atoms with E-state index in [1.165, 1.54) is 4.90 Å². The molecular weight excluding hydrogens is 454 g/mol. The topological polar surface area (TPSA) is 76.1 Å². The molecule has 186 valence electrons. The van der Waals surface area contributed by atoms with Crippen molar-refractivity contribution in [1.29, 1.82) is 0 Å². The molecule has 6 heteroatoms. The van der Waals surface area contributed by atoms with Crippen LogP contribution in [-0.2, 0) is 9.59 Å². The van der Waals surface area contributed by atoms with Crippen LogP contribution >= 0.6 is 0 Å². The number of benzene rings is 3. The summed E-state index contributed by atoms with van der Waals surface area (Å²) in [5.41, 5.74) is 4.40. The summed E-state index contributed by atoms with van der Waals surface area (Å²) in [6, 6.07) is 17.3. The van der Waals surface area contributed by atoms with Crippen molar-refractivity contribution in [3.05, 3.63) is 94.1 Å². The van der Waals surface area contributed by atoms with Crippen molar-refractivity contribution < 1.29 is 24.2 Å². The highest BCUT2D eigenvalue weighted by Gasteiger charge is 2.48. The van der Waals surface area contributed by atoms with Crippen molar-refractivity contribution in [2.75, 3.05) is 18.6 Å². The van der Waals surface area contributed by atoms with Crippen LogP contribution in [0.5, 0.6) is 11.5 Å². The Labute approximate surface area is 211 Å². The minimum atomic E-state index is -0.862. The predicted octanol–water partition coefficient (Wildman–Crippen LogP) is 6.04. The third kappa shape index (κ3) is 4.47. The molecule has 6 nitrogen and oxygen atoms in total. The Balaban J connectivity index is 1.93. The van der Waals surface area contributed by atoms with E-state index in [2.05, 4.69) is 0 Å². The number of ether oxygens (including phenoxy) is 2. The van der Waals surface area contributed by atoms with Gasteiger partial charge in [0.2, 0.25) is 0 Å². The van der Waals surface area contributed by atoms with Gasteiger partial charge in [0.05, 0.1) is 25.3 Å². The molecular formula is C30H31NO5. The number of aryl methyl sites for hydroxylation is 3. The fourth-order valence-electron chi connectivity index (χ4n) is 4.67. The van der Waals surface area contributed by atoms with Gasteiger partial charge in [0.25, 0.3) is 11.7 Å². The van der Waals surface area contributed by atoms with Gasteiger partial charge in [0, 0.05) is 16.8 Å². The highest BCUT2D eigenvalue weighted by Crippen LogP contribution is 2.45. The largest absolute Gasteiger partial charge is 0.507 e. The summed E-state index contributed by atoms with van der Waals surface area (Å²) in [6.45, 7) is 8.37. The summed E-state index contributed by atoms with van der Waals surface area (Å²) >= 11 is 0. The average Bonchev–Trinajstić information content (AvgIpc) is 3.12. The van der Waals surface area contributed by atoms with Crippen LogP contribution in [-0.4, -0.2) is 30.5 Å². The van der Waals surface area contributed by atoms with Crippen LogP contribution in [0.3, 0.4) is 0 Å². The van der Waals surface area contributed by atoms with Crippen LogP contribution in [0.1, 0.15) is 47.2 Å². The maximum absolute atomic E-state index is 13.5. The molecule has 36 heavy (non-hydrogen) atoms. The molecule has 1 saturated heterocycles. The lowest BCUT2D eigenvalue weighted by Gasteiger charge is -2.28. The lowest BCUT2D eigenvalue weighted by Crippen LogP contribution is -2.30. The second kappa shape index (κ2) is 10.3. The first kappa shape index (κ1) is 25.0. The molecule has 1 amide bonds. The Kier molecular flexibility index (Phi) is 7.15. The molecule has 1 N–H and O–H groups in total. The summed E-state index contributed by atoms with van der Waals surface area (Å²) in [5.74, 6) is -0.442. The van der Waals surface area contributed by atoms with E-state index >= 15 is 0 Å².